The molecule has 0 aromatic carbocycles. The summed E-state index contributed by atoms with van der Waals surface area (Å²) >= 11 is 0. The number of aromatic nitrogens is 2. The SMILES string of the molecule is CC(C)(C)C1=CCN(S(=O)(=O)c2[nH]ncc2CN)CC1. The van der Waals surface area contributed by atoms with E-state index in [1.807, 2.05) is 6.08 Å². The molecule has 0 radical (unpaired) electrons. The first-order chi connectivity index (χ1) is 9.26. The van der Waals surface area contributed by atoms with Crippen molar-refractivity contribution in [1.29, 1.82) is 0 Å². The third-order valence-electron chi connectivity index (χ3n) is 3.63. The van der Waals surface area contributed by atoms with Crippen LogP contribution < -0.4 is 5.73 Å². The van der Waals surface area contributed by atoms with E-state index in [4.69, 9.17) is 5.73 Å². The van der Waals surface area contributed by atoms with E-state index < -0.39 is 10.0 Å². The second-order valence-electron chi connectivity index (χ2n) is 6.02. The van der Waals surface area contributed by atoms with Gasteiger partial charge in [-0.3, -0.25) is 5.10 Å². The van der Waals surface area contributed by atoms with Gasteiger partial charge >= 0.3 is 0 Å². The van der Waals surface area contributed by atoms with Crippen molar-refractivity contribution >= 4 is 10.0 Å². The van der Waals surface area contributed by atoms with Crippen LogP contribution in [-0.2, 0) is 16.6 Å². The van der Waals surface area contributed by atoms with E-state index in [0.29, 0.717) is 18.7 Å². The molecule has 1 aliphatic rings. The number of H-pyrrole nitrogens is 1. The molecule has 0 aliphatic carbocycles. The van der Waals surface area contributed by atoms with Crippen molar-refractivity contribution in [1.82, 2.24) is 14.5 Å². The average Bonchev–Trinajstić information content (AvgIpc) is 2.87. The summed E-state index contributed by atoms with van der Waals surface area (Å²) in [5, 5.41) is 6.46. The molecule has 1 aliphatic heterocycles. The molecule has 6 nitrogen and oxygen atoms in total. The normalized spacial score (nSPS) is 18.1. The summed E-state index contributed by atoms with van der Waals surface area (Å²) < 4.78 is 26.6. The van der Waals surface area contributed by atoms with Crippen LogP contribution >= 0.6 is 0 Å². The van der Waals surface area contributed by atoms with Crippen LogP contribution in [0.2, 0.25) is 0 Å². The van der Waals surface area contributed by atoms with Crippen LogP contribution in [-0.4, -0.2) is 36.0 Å². The lowest BCUT2D eigenvalue weighted by Gasteiger charge is -2.31. The molecule has 20 heavy (non-hydrogen) atoms. The van der Waals surface area contributed by atoms with Gasteiger partial charge in [-0.05, 0) is 11.8 Å². The summed E-state index contributed by atoms with van der Waals surface area (Å²) in [4.78, 5) is 0. The lowest BCUT2D eigenvalue weighted by molar-refractivity contribution is 0.388. The summed E-state index contributed by atoms with van der Waals surface area (Å²) in [7, 11) is -3.54. The maximum absolute atomic E-state index is 12.6. The van der Waals surface area contributed by atoms with E-state index in [1.54, 1.807) is 0 Å². The molecular weight excluding hydrogens is 276 g/mol. The second kappa shape index (κ2) is 5.31. The van der Waals surface area contributed by atoms with Crippen molar-refractivity contribution in [2.75, 3.05) is 13.1 Å². The first-order valence-electron chi connectivity index (χ1n) is 6.69. The molecule has 0 spiro atoms. The number of hydrogen-bond acceptors (Lipinski definition) is 4. The number of nitrogens with zero attached hydrogens (tertiary/aromatic N) is 2. The van der Waals surface area contributed by atoms with Crippen molar-refractivity contribution in [2.24, 2.45) is 11.1 Å². The summed E-state index contributed by atoms with van der Waals surface area (Å²) in [6.07, 6.45) is 4.24. The Balaban J connectivity index is 2.24. The predicted octanol–water partition coefficient (Wildman–Crippen LogP) is 1.24. The molecule has 3 N–H and O–H groups in total. The highest BCUT2D eigenvalue weighted by molar-refractivity contribution is 7.89. The van der Waals surface area contributed by atoms with Crippen LogP contribution in [0.15, 0.2) is 22.9 Å². The highest BCUT2D eigenvalue weighted by Crippen LogP contribution is 2.31. The van der Waals surface area contributed by atoms with Crippen LogP contribution in [0.5, 0.6) is 0 Å². The van der Waals surface area contributed by atoms with E-state index in [2.05, 4.69) is 31.0 Å². The molecule has 0 amide bonds. The first kappa shape index (κ1) is 15.2. The monoisotopic (exact) mass is 298 g/mol. The second-order valence-corrected chi connectivity index (χ2v) is 7.90. The molecule has 2 heterocycles. The molecule has 0 fully saturated rings. The van der Waals surface area contributed by atoms with E-state index in [-0.39, 0.29) is 17.0 Å². The Morgan fingerprint density at radius 2 is 2.15 bits per heavy atom. The Morgan fingerprint density at radius 3 is 2.65 bits per heavy atom. The lowest BCUT2D eigenvalue weighted by Crippen LogP contribution is -2.37. The summed E-state index contributed by atoms with van der Waals surface area (Å²) in [6.45, 7) is 7.48. The van der Waals surface area contributed by atoms with E-state index in [9.17, 15) is 8.42 Å². The molecule has 2 rings (SSSR count). The number of nitrogens with one attached hydrogen (secondary N) is 1. The summed E-state index contributed by atoms with van der Waals surface area (Å²) in [5.74, 6) is 0. The van der Waals surface area contributed by atoms with Crippen molar-refractivity contribution in [2.45, 2.75) is 38.8 Å². The first-order valence-corrected chi connectivity index (χ1v) is 8.13. The van der Waals surface area contributed by atoms with Crippen molar-refractivity contribution in [3.05, 3.63) is 23.4 Å². The number of nitrogens with two attached hydrogens (primary N) is 1. The van der Waals surface area contributed by atoms with Gasteiger partial charge in [0.15, 0.2) is 5.03 Å². The number of sulfonamides is 1. The topological polar surface area (TPSA) is 92.1 Å². The van der Waals surface area contributed by atoms with Crippen molar-refractivity contribution < 1.29 is 8.42 Å². The quantitative estimate of drug-likeness (QED) is 0.821. The standard InChI is InChI=1S/C13H22N4O2S/c1-13(2,3)11-4-6-17(7-5-11)20(18,19)12-10(8-14)9-15-16-12/h4,9H,5-8,14H2,1-3H3,(H,15,16). The molecule has 0 saturated carbocycles. The zero-order chi connectivity index (χ0) is 15.0. The smallest absolute Gasteiger partial charge is 0.260 e. The van der Waals surface area contributed by atoms with Crippen LogP contribution in [0, 0.1) is 5.41 Å². The van der Waals surface area contributed by atoms with Crippen LogP contribution in [0.25, 0.3) is 0 Å². The fraction of sp³-hybridized carbons (Fsp3) is 0.615. The molecule has 0 unspecified atom stereocenters. The zero-order valence-corrected chi connectivity index (χ0v) is 13.0. The molecule has 112 valence electrons. The largest absolute Gasteiger partial charge is 0.326 e. The fourth-order valence-electron chi connectivity index (χ4n) is 2.35. The van der Waals surface area contributed by atoms with Gasteiger partial charge in [0.05, 0.1) is 6.20 Å². The fourth-order valence-corrected chi connectivity index (χ4v) is 3.84. The van der Waals surface area contributed by atoms with Gasteiger partial charge in [0.1, 0.15) is 0 Å². The highest BCUT2D eigenvalue weighted by atomic mass is 32.2. The van der Waals surface area contributed by atoms with Crippen molar-refractivity contribution in [3.63, 3.8) is 0 Å². The van der Waals surface area contributed by atoms with Gasteiger partial charge in [-0.2, -0.15) is 9.40 Å². The third-order valence-corrected chi connectivity index (χ3v) is 5.51. The molecule has 0 atom stereocenters. The maximum Gasteiger partial charge on any atom is 0.260 e. The Bertz CT molecular complexity index is 611. The summed E-state index contributed by atoms with van der Waals surface area (Å²) in [5.41, 5.74) is 7.46. The molecule has 1 aromatic rings. The van der Waals surface area contributed by atoms with Gasteiger partial charge in [-0.15, -0.1) is 0 Å². The van der Waals surface area contributed by atoms with Gasteiger partial charge in [0, 0.05) is 25.2 Å². The van der Waals surface area contributed by atoms with E-state index in [0.717, 1.165) is 6.42 Å². The van der Waals surface area contributed by atoms with E-state index >= 15 is 0 Å². The molecule has 1 aromatic heterocycles. The minimum atomic E-state index is -3.54. The van der Waals surface area contributed by atoms with Gasteiger partial charge < -0.3 is 5.73 Å². The minimum absolute atomic E-state index is 0.0895. The Kier molecular flexibility index (Phi) is 4.04. The van der Waals surface area contributed by atoms with Gasteiger partial charge in [0.2, 0.25) is 0 Å². The Hall–Kier alpha value is -1.18. The highest BCUT2D eigenvalue weighted by Gasteiger charge is 2.31. The minimum Gasteiger partial charge on any atom is -0.326 e. The molecular formula is C13H22N4O2S. The lowest BCUT2D eigenvalue weighted by atomic mass is 9.83. The predicted molar refractivity (Wildman–Crippen MR) is 77.4 cm³/mol. The van der Waals surface area contributed by atoms with Crippen LogP contribution in [0.4, 0.5) is 0 Å². The molecule has 0 bridgehead atoms. The Labute approximate surface area is 120 Å². The molecule has 7 heteroatoms. The van der Waals surface area contributed by atoms with Crippen LogP contribution in [0.1, 0.15) is 32.8 Å². The average molecular weight is 298 g/mol. The van der Waals surface area contributed by atoms with Gasteiger partial charge in [-0.25, -0.2) is 8.42 Å². The number of rotatable bonds is 3. The zero-order valence-electron chi connectivity index (χ0n) is 12.2. The van der Waals surface area contributed by atoms with Crippen LogP contribution in [0.3, 0.4) is 0 Å². The maximum atomic E-state index is 12.6. The third kappa shape index (κ3) is 2.79. The summed E-state index contributed by atoms with van der Waals surface area (Å²) in [6, 6.07) is 0. The van der Waals surface area contributed by atoms with Crippen molar-refractivity contribution in [3.8, 4) is 0 Å². The molecule has 0 saturated heterocycles. The van der Waals surface area contributed by atoms with E-state index in [1.165, 1.54) is 16.1 Å². The van der Waals surface area contributed by atoms with Gasteiger partial charge in [-0.1, -0.05) is 32.4 Å². The number of aromatic amines is 1. The number of hydrogen-bond donors (Lipinski definition) is 2. The van der Waals surface area contributed by atoms with Gasteiger partial charge in [0.25, 0.3) is 10.0 Å². The Morgan fingerprint density at radius 1 is 1.45 bits per heavy atom.